The Morgan fingerprint density at radius 2 is 2.10 bits per heavy atom. The van der Waals surface area contributed by atoms with Gasteiger partial charge in [0.05, 0.1) is 12.1 Å². The molecule has 1 saturated heterocycles. The fourth-order valence-electron chi connectivity index (χ4n) is 2.63. The summed E-state index contributed by atoms with van der Waals surface area (Å²) < 4.78 is 11.0. The number of nitrogens with two attached hydrogens (primary N) is 1. The van der Waals surface area contributed by atoms with Gasteiger partial charge in [-0.05, 0) is 31.2 Å². The zero-order valence-corrected chi connectivity index (χ0v) is 12.1. The van der Waals surface area contributed by atoms with Crippen molar-refractivity contribution >= 4 is 0 Å². The fraction of sp³-hybridized carbons (Fsp3) is 0.500. The Labute approximate surface area is 124 Å². The first-order valence-corrected chi connectivity index (χ1v) is 7.55. The van der Waals surface area contributed by atoms with E-state index >= 15 is 0 Å². The van der Waals surface area contributed by atoms with Crippen LogP contribution in [0.3, 0.4) is 0 Å². The zero-order chi connectivity index (χ0) is 14.5. The number of hydrogen-bond acceptors (Lipinski definition) is 5. The van der Waals surface area contributed by atoms with E-state index in [9.17, 15) is 0 Å². The molecular weight excluding hydrogens is 266 g/mol. The quantitative estimate of drug-likeness (QED) is 0.914. The molecule has 21 heavy (non-hydrogen) atoms. The molecule has 1 aromatic carbocycles. The van der Waals surface area contributed by atoms with E-state index in [1.54, 1.807) is 0 Å². The highest BCUT2D eigenvalue weighted by atomic mass is 16.5. The summed E-state index contributed by atoms with van der Waals surface area (Å²) in [6.45, 7) is 0.836. The monoisotopic (exact) mass is 287 g/mol. The highest BCUT2D eigenvalue weighted by molar-refractivity contribution is 5.16. The van der Waals surface area contributed by atoms with Crippen molar-refractivity contribution in [1.29, 1.82) is 0 Å². The van der Waals surface area contributed by atoms with Gasteiger partial charge in [0.25, 0.3) is 0 Å². The number of rotatable bonds is 5. The van der Waals surface area contributed by atoms with E-state index < -0.39 is 0 Å². The van der Waals surface area contributed by atoms with Crippen LogP contribution in [-0.4, -0.2) is 22.9 Å². The molecule has 2 aromatic rings. The molecule has 1 aliphatic heterocycles. The maximum Gasteiger partial charge on any atom is 0.243 e. The Morgan fingerprint density at radius 3 is 2.86 bits per heavy atom. The van der Waals surface area contributed by atoms with E-state index in [-0.39, 0.29) is 12.1 Å². The van der Waals surface area contributed by atoms with Crippen LogP contribution >= 0.6 is 0 Å². The van der Waals surface area contributed by atoms with Gasteiger partial charge in [-0.1, -0.05) is 35.5 Å². The van der Waals surface area contributed by atoms with E-state index in [4.69, 9.17) is 15.0 Å². The predicted octanol–water partition coefficient (Wildman–Crippen LogP) is 2.42. The van der Waals surface area contributed by atoms with Gasteiger partial charge in [-0.25, -0.2) is 0 Å². The SMILES string of the molecule is N[C@@H](Cc1ccccc1)c1nc(CC2CCCCO2)no1. The third-order valence-electron chi connectivity index (χ3n) is 3.78. The Bertz CT molecular complexity index is 550. The van der Waals surface area contributed by atoms with Gasteiger partial charge in [0, 0.05) is 13.0 Å². The Morgan fingerprint density at radius 1 is 1.24 bits per heavy atom. The normalized spacial score (nSPS) is 20.3. The summed E-state index contributed by atoms with van der Waals surface area (Å²) >= 11 is 0. The molecule has 0 spiro atoms. The standard InChI is InChI=1S/C16H21N3O2/c17-14(10-12-6-2-1-3-7-12)16-18-15(19-21-16)11-13-8-4-5-9-20-13/h1-3,6-7,13-14H,4-5,8-11,17H2/t13?,14-/m0/s1. The first kappa shape index (κ1) is 14.2. The minimum absolute atomic E-state index is 0.217. The lowest BCUT2D eigenvalue weighted by molar-refractivity contribution is 0.0153. The fourth-order valence-corrected chi connectivity index (χ4v) is 2.63. The molecule has 1 aromatic heterocycles. The van der Waals surface area contributed by atoms with Crippen LogP contribution in [0.15, 0.2) is 34.9 Å². The maximum absolute atomic E-state index is 6.15. The van der Waals surface area contributed by atoms with E-state index in [2.05, 4.69) is 10.1 Å². The molecule has 5 nitrogen and oxygen atoms in total. The van der Waals surface area contributed by atoms with Crippen LogP contribution in [0.4, 0.5) is 0 Å². The summed E-state index contributed by atoms with van der Waals surface area (Å²) in [4.78, 5) is 4.42. The molecule has 2 N–H and O–H groups in total. The molecule has 0 aliphatic carbocycles. The van der Waals surface area contributed by atoms with Crippen molar-refractivity contribution in [2.75, 3.05) is 6.61 Å². The highest BCUT2D eigenvalue weighted by Gasteiger charge is 2.20. The lowest BCUT2D eigenvalue weighted by atomic mass is 10.1. The average molecular weight is 287 g/mol. The average Bonchev–Trinajstić information content (AvgIpc) is 2.98. The van der Waals surface area contributed by atoms with E-state index in [0.717, 1.165) is 19.4 Å². The predicted molar refractivity (Wildman–Crippen MR) is 78.7 cm³/mol. The maximum atomic E-state index is 6.15. The Balaban J connectivity index is 1.58. The van der Waals surface area contributed by atoms with Gasteiger partial charge in [-0.15, -0.1) is 0 Å². The Hall–Kier alpha value is -1.72. The molecule has 5 heteroatoms. The van der Waals surface area contributed by atoms with Crippen molar-refractivity contribution in [3.8, 4) is 0 Å². The van der Waals surface area contributed by atoms with Gasteiger partial charge >= 0.3 is 0 Å². The minimum atomic E-state index is -0.263. The molecule has 0 amide bonds. The molecule has 112 valence electrons. The smallest absolute Gasteiger partial charge is 0.243 e. The van der Waals surface area contributed by atoms with Crippen molar-refractivity contribution in [3.63, 3.8) is 0 Å². The molecule has 2 heterocycles. The second-order valence-corrected chi connectivity index (χ2v) is 5.54. The van der Waals surface area contributed by atoms with Crippen molar-refractivity contribution in [3.05, 3.63) is 47.6 Å². The van der Waals surface area contributed by atoms with Gasteiger partial charge in [0.15, 0.2) is 5.82 Å². The van der Waals surface area contributed by atoms with Crippen LogP contribution in [0.2, 0.25) is 0 Å². The summed E-state index contributed by atoms with van der Waals surface area (Å²) in [5.41, 5.74) is 7.31. The molecule has 3 rings (SSSR count). The van der Waals surface area contributed by atoms with Crippen molar-refractivity contribution in [2.45, 2.75) is 44.2 Å². The highest BCUT2D eigenvalue weighted by Crippen LogP contribution is 2.18. The van der Waals surface area contributed by atoms with Crippen LogP contribution < -0.4 is 5.73 Å². The summed E-state index contributed by atoms with van der Waals surface area (Å²) in [6.07, 6.45) is 5.05. The van der Waals surface area contributed by atoms with Gasteiger partial charge in [0.1, 0.15) is 0 Å². The van der Waals surface area contributed by atoms with Crippen LogP contribution in [0.1, 0.15) is 42.6 Å². The molecule has 0 saturated carbocycles. The number of benzene rings is 1. The number of nitrogens with zero attached hydrogens (tertiary/aromatic N) is 2. The van der Waals surface area contributed by atoms with E-state index in [1.807, 2.05) is 30.3 Å². The van der Waals surface area contributed by atoms with Crippen molar-refractivity contribution in [2.24, 2.45) is 5.73 Å². The van der Waals surface area contributed by atoms with Crippen LogP contribution in [0.5, 0.6) is 0 Å². The van der Waals surface area contributed by atoms with Crippen molar-refractivity contribution in [1.82, 2.24) is 10.1 Å². The molecule has 1 aliphatic rings. The zero-order valence-electron chi connectivity index (χ0n) is 12.1. The first-order chi connectivity index (χ1) is 10.3. The van der Waals surface area contributed by atoms with E-state index in [1.165, 1.54) is 12.0 Å². The largest absolute Gasteiger partial charge is 0.378 e. The van der Waals surface area contributed by atoms with Gasteiger partial charge in [-0.2, -0.15) is 4.98 Å². The van der Waals surface area contributed by atoms with Crippen LogP contribution in [-0.2, 0) is 17.6 Å². The third kappa shape index (κ3) is 3.89. The summed E-state index contributed by atoms with van der Waals surface area (Å²) in [5, 5.41) is 4.03. The summed E-state index contributed by atoms with van der Waals surface area (Å²) in [6, 6.07) is 9.83. The molecule has 1 fully saturated rings. The topological polar surface area (TPSA) is 74.2 Å². The van der Waals surface area contributed by atoms with Crippen LogP contribution in [0, 0.1) is 0 Å². The first-order valence-electron chi connectivity index (χ1n) is 7.55. The van der Waals surface area contributed by atoms with Gasteiger partial charge < -0.3 is 15.0 Å². The second kappa shape index (κ2) is 6.83. The van der Waals surface area contributed by atoms with Crippen LogP contribution in [0.25, 0.3) is 0 Å². The molecule has 2 atom stereocenters. The molecule has 0 bridgehead atoms. The Kier molecular flexibility index (Phi) is 4.62. The minimum Gasteiger partial charge on any atom is -0.378 e. The lowest BCUT2D eigenvalue weighted by Gasteiger charge is -2.20. The molecular formula is C16H21N3O2. The number of aromatic nitrogens is 2. The van der Waals surface area contributed by atoms with E-state index in [0.29, 0.717) is 24.6 Å². The lowest BCUT2D eigenvalue weighted by Crippen LogP contribution is -2.22. The molecule has 1 unspecified atom stereocenters. The van der Waals surface area contributed by atoms with Gasteiger partial charge in [-0.3, -0.25) is 0 Å². The number of hydrogen-bond donors (Lipinski definition) is 1. The second-order valence-electron chi connectivity index (χ2n) is 5.54. The van der Waals surface area contributed by atoms with Gasteiger partial charge in [0.2, 0.25) is 5.89 Å². The summed E-state index contributed by atoms with van der Waals surface area (Å²) in [5.74, 6) is 1.20. The summed E-state index contributed by atoms with van der Waals surface area (Å²) in [7, 11) is 0. The molecule has 0 radical (unpaired) electrons. The third-order valence-corrected chi connectivity index (χ3v) is 3.78. The number of ether oxygens (including phenoxy) is 1. The van der Waals surface area contributed by atoms with Crippen molar-refractivity contribution < 1.29 is 9.26 Å².